The van der Waals surface area contributed by atoms with Crippen LogP contribution in [0.1, 0.15) is 87.6 Å². The lowest BCUT2D eigenvalue weighted by Gasteiger charge is -2.37. The van der Waals surface area contributed by atoms with Gasteiger partial charge < -0.3 is 29.9 Å². The average Bonchev–Trinajstić information content (AvgIpc) is 3.55. The number of ether oxygens (including phenoxy) is 2. The zero-order valence-electron chi connectivity index (χ0n) is 27.4. The molecule has 1 atom stereocenters. The molecule has 2 aromatic rings. The number of anilines is 1. The van der Waals surface area contributed by atoms with Crippen LogP contribution in [-0.2, 0) is 0 Å². The van der Waals surface area contributed by atoms with Gasteiger partial charge in [0.2, 0.25) is 0 Å². The number of halogens is 2. The number of carbonyl (C=O) groups is 1. The molecule has 3 saturated heterocycles. The van der Waals surface area contributed by atoms with Gasteiger partial charge in [-0.3, -0.25) is 4.79 Å². The number of amides is 1. The maximum Gasteiger partial charge on any atom is 0.253 e. The number of hydrogen-bond acceptors (Lipinski definition) is 6. The Morgan fingerprint density at radius 1 is 0.778 bits per heavy atom. The number of likely N-dealkylation sites (tertiary alicyclic amines) is 1. The van der Waals surface area contributed by atoms with Gasteiger partial charge in [0, 0.05) is 76.0 Å². The fourth-order valence-corrected chi connectivity index (χ4v) is 7.51. The molecule has 0 unspecified atom stereocenters. The highest BCUT2D eigenvalue weighted by molar-refractivity contribution is 5.94. The number of carbonyl (C=O) groups excluding carboxylic acids is 1. The Morgan fingerprint density at radius 2 is 1.51 bits per heavy atom. The Balaban J connectivity index is 0.00000230. The van der Waals surface area contributed by atoms with Gasteiger partial charge in [0.05, 0.1) is 0 Å². The molecule has 6 rings (SSSR count). The molecule has 1 aliphatic carbocycles. The second-order valence-corrected chi connectivity index (χ2v) is 14.2. The van der Waals surface area contributed by atoms with Crippen molar-refractivity contribution in [2.24, 2.45) is 11.3 Å². The van der Waals surface area contributed by atoms with E-state index >= 15 is 0 Å². The zero-order chi connectivity index (χ0) is 29.8. The second kappa shape index (κ2) is 16.1. The minimum atomic E-state index is 0. The monoisotopic (exact) mass is 660 g/mol. The summed E-state index contributed by atoms with van der Waals surface area (Å²) in [5.74, 6) is 3.26. The van der Waals surface area contributed by atoms with E-state index in [0.29, 0.717) is 11.3 Å². The summed E-state index contributed by atoms with van der Waals surface area (Å²) in [5, 5.41) is 6.84. The average molecular weight is 662 g/mol. The first-order chi connectivity index (χ1) is 20.8. The third kappa shape index (κ3) is 9.00. The van der Waals surface area contributed by atoms with E-state index in [1.807, 2.05) is 11.0 Å². The van der Waals surface area contributed by atoms with Crippen molar-refractivity contribution in [3.05, 3.63) is 53.6 Å². The lowest BCUT2D eigenvalue weighted by Crippen LogP contribution is -2.43. The van der Waals surface area contributed by atoms with Crippen molar-refractivity contribution < 1.29 is 14.3 Å². The van der Waals surface area contributed by atoms with Crippen molar-refractivity contribution in [1.29, 1.82) is 0 Å². The van der Waals surface area contributed by atoms with Crippen molar-refractivity contribution >= 4 is 36.4 Å². The predicted octanol–water partition coefficient (Wildman–Crippen LogP) is 6.68. The first-order valence-corrected chi connectivity index (χ1v) is 16.9. The number of nitrogens with one attached hydrogen (secondary N) is 2. The number of nitrogens with zero attached hydrogens (tertiary/aromatic N) is 2. The Labute approximate surface area is 283 Å². The normalized spacial score (nSPS) is 24.4. The van der Waals surface area contributed by atoms with Crippen LogP contribution in [0.25, 0.3) is 0 Å². The Kier molecular flexibility index (Phi) is 12.7. The quantitative estimate of drug-likeness (QED) is 0.345. The van der Waals surface area contributed by atoms with Crippen LogP contribution in [0, 0.1) is 11.3 Å². The maximum absolute atomic E-state index is 13.8. The molecular formula is C36H54Cl2N4O3. The summed E-state index contributed by atoms with van der Waals surface area (Å²) in [6, 6.07) is 14.7. The first-order valence-electron chi connectivity index (χ1n) is 16.9. The van der Waals surface area contributed by atoms with E-state index in [1.54, 1.807) is 0 Å². The summed E-state index contributed by atoms with van der Waals surface area (Å²) in [5.41, 5.74) is 3.62. The summed E-state index contributed by atoms with van der Waals surface area (Å²) >= 11 is 0. The van der Waals surface area contributed by atoms with Gasteiger partial charge in [0.1, 0.15) is 23.7 Å². The topological polar surface area (TPSA) is 66.1 Å². The largest absolute Gasteiger partial charge is 0.490 e. The van der Waals surface area contributed by atoms with Crippen LogP contribution in [0.5, 0.6) is 11.5 Å². The minimum absolute atomic E-state index is 0. The highest BCUT2D eigenvalue weighted by atomic mass is 35.5. The highest BCUT2D eigenvalue weighted by Gasteiger charge is 2.33. The molecule has 1 amide bonds. The molecule has 0 aromatic heterocycles. The predicted molar refractivity (Wildman–Crippen MR) is 188 cm³/mol. The number of piperazine rings is 1. The fourth-order valence-electron chi connectivity index (χ4n) is 7.51. The molecule has 0 bridgehead atoms. The molecule has 4 fully saturated rings. The van der Waals surface area contributed by atoms with E-state index in [2.05, 4.69) is 72.7 Å². The van der Waals surface area contributed by atoms with Crippen molar-refractivity contribution in [3.8, 4) is 11.5 Å². The van der Waals surface area contributed by atoms with Gasteiger partial charge in [-0.15, -0.1) is 24.8 Å². The molecule has 2 aromatic carbocycles. The molecule has 1 saturated carbocycles. The first kappa shape index (κ1) is 35.7. The van der Waals surface area contributed by atoms with E-state index < -0.39 is 0 Å². The maximum atomic E-state index is 13.8. The SMILES string of the molecule is CC(C)(C)[C@H]1CC[C@H](c2cc(C(=O)N3CCC(Oc4cccc(N5CCNCC5)c4)CC3)ccc2O[C@H]2CCNC2)CC1.Cl.Cl. The van der Waals surface area contributed by atoms with Gasteiger partial charge in [-0.25, -0.2) is 0 Å². The van der Waals surface area contributed by atoms with Crippen LogP contribution in [0.15, 0.2) is 42.5 Å². The minimum Gasteiger partial charge on any atom is -0.490 e. The van der Waals surface area contributed by atoms with Gasteiger partial charge in [-0.2, -0.15) is 0 Å². The van der Waals surface area contributed by atoms with Crippen LogP contribution in [0.2, 0.25) is 0 Å². The molecule has 7 nitrogen and oxygen atoms in total. The molecule has 9 heteroatoms. The zero-order valence-corrected chi connectivity index (χ0v) is 29.0. The Morgan fingerprint density at radius 3 is 2.18 bits per heavy atom. The standard InChI is InChI=1S/C36H52N4O3.2ClH/c1-36(2,3)28-10-7-26(8-11-28)33-23-27(9-12-34(33)43-32-13-16-38-25-32)35(41)40-19-14-30(15-20-40)42-31-6-4-5-29(24-31)39-21-17-37-18-22-39;;/h4-6,9,12,23-24,26,28,30,32,37-38H,7-8,10-11,13-22,25H2,1-3H3;2*1H/t26-,28-,32-;;/m0../s1. The van der Waals surface area contributed by atoms with Gasteiger partial charge >= 0.3 is 0 Å². The van der Waals surface area contributed by atoms with Crippen molar-refractivity contribution in [3.63, 3.8) is 0 Å². The summed E-state index contributed by atoms with van der Waals surface area (Å²) in [7, 11) is 0. The van der Waals surface area contributed by atoms with Crippen LogP contribution in [0.3, 0.4) is 0 Å². The lowest BCUT2D eigenvalue weighted by molar-refractivity contribution is 0.0595. The molecule has 2 N–H and O–H groups in total. The molecule has 45 heavy (non-hydrogen) atoms. The van der Waals surface area contributed by atoms with Crippen molar-refractivity contribution in [2.45, 2.75) is 83.8 Å². The van der Waals surface area contributed by atoms with Crippen molar-refractivity contribution in [1.82, 2.24) is 15.5 Å². The number of benzene rings is 2. The fraction of sp³-hybridized carbons (Fsp3) is 0.639. The summed E-state index contributed by atoms with van der Waals surface area (Å²) in [6.07, 6.45) is 7.88. The van der Waals surface area contributed by atoms with Crippen LogP contribution in [-0.4, -0.2) is 75.4 Å². The molecule has 0 spiro atoms. The second-order valence-electron chi connectivity index (χ2n) is 14.2. The van der Waals surface area contributed by atoms with E-state index in [-0.39, 0.29) is 42.9 Å². The highest BCUT2D eigenvalue weighted by Crippen LogP contribution is 2.45. The van der Waals surface area contributed by atoms with Crippen molar-refractivity contribution in [2.75, 3.05) is 57.3 Å². The summed E-state index contributed by atoms with van der Waals surface area (Å²) in [4.78, 5) is 18.2. The van der Waals surface area contributed by atoms with Gasteiger partial charge in [-0.05, 0) is 91.8 Å². The molecule has 4 aliphatic rings. The lowest BCUT2D eigenvalue weighted by atomic mass is 9.68. The van der Waals surface area contributed by atoms with E-state index in [4.69, 9.17) is 9.47 Å². The Bertz CT molecular complexity index is 1230. The van der Waals surface area contributed by atoms with Gasteiger partial charge in [0.25, 0.3) is 5.91 Å². The summed E-state index contributed by atoms with van der Waals surface area (Å²) in [6.45, 7) is 14.5. The van der Waals surface area contributed by atoms with Gasteiger partial charge in [0.15, 0.2) is 0 Å². The van der Waals surface area contributed by atoms with Crippen LogP contribution in [0.4, 0.5) is 5.69 Å². The molecule has 250 valence electrons. The third-order valence-electron chi connectivity index (χ3n) is 10.3. The van der Waals surface area contributed by atoms with E-state index in [1.165, 1.54) is 24.1 Å². The number of rotatable bonds is 7. The molecular weight excluding hydrogens is 607 g/mol. The van der Waals surface area contributed by atoms with Gasteiger partial charge in [-0.1, -0.05) is 26.8 Å². The van der Waals surface area contributed by atoms with E-state index in [9.17, 15) is 4.79 Å². The molecule has 0 radical (unpaired) electrons. The van der Waals surface area contributed by atoms with E-state index in [0.717, 1.165) is 107 Å². The van der Waals surface area contributed by atoms with Crippen LogP contribution >= 0.6 is 24.8 Å². The summed E-state index contributed by atoms with van der Waals surface area (Å²) < 4.78 is 13.0. The Hall–Kier alpha value is -2.19. The molecule has 3 heterocycles. The number of piperidine rings is 1. The number of hydrogen-bond donors (Lipinski definition) is 2. The molecule has 3 aliphatic heterocycles. The van der Waals surface area contributed by atoms with Crippen LogP contribution < -0.4 is 25.0 Å². The smallest absolute Gasteiger partial charge is 0.253 e. The third-order valence-corrected chi connectivity index (χ3v) is 10.3.